The third kappa shape index (κ3) is 3.40. The number of aromatic nitrogens is 4. The van der Waals surface area contributed by atoms with Crippen LogP contribution in [-0.4, -0.2) is 26.1 Å². The lowest BCUT2D eigenvalue weighted by atomic mass is 10.0. The van der Waals surface area contributed by atoms with Crippen LogP contribution in [0.4, 0.5) is 5.13 Å². The fourth-order valence-corrected chi connectivity index (χ4v) is 2.79. The zero-order chi connectivity index (χ0) is 16.4. The molecule has 0 aliphatic carbocycles. The predicted molar refractivity (Wildman–Crippen MR) is 89.5 cm³/mol. The van der Waals surface area contributed by atoms with Crippen LogP contribution in [0.5, 0.6) is 0 Å². The minimum Gasteiger partial charge on any atom is -0.296 e. The van der Waals surface area contributed by atoms with Crippen molar-refractivity contribution in [2.24, 2.45) is 0 Å². The average molecular weight is 325 g/mol. The van der Waals surface area contributed by atoms with Gasteiger partial charge in [0.15, 0.2) is 0 Å². The number of hydrogen-bond acceptors (Lipinski definition) is 6. The molecule has 3 rings (SSSR count). The van der Waals surface area contributed by atoms with Crippen LogP contribution in [0.3, 0.4) is 0 Å². The van der Waals surface area contributed by atoms with Crippen molar-refractivity contribution in [3.05, 3.63) is 52.6 Å². The van der Waals surface area contributed by atoms with Gasteiger partial charge in [-0.05, 0) is 50.1 Å². The van der Waals surface area contributed by atoms with E-state index < -0.39 is 0 Å². The lowest BCUT2D eigenvalue weighted by Gasteiger charge is -2.10. The molecule has 0 fully saturated rings. The highest BCUT2D eigenvalue weighted by Crippen LogP contribution is 2.25. The van der Waals surface area contributed by atoms with Crippen LogP contribution < -0.4 is 5.32 Å². The lowest BCUT2D eigenvalue weighted by Crippen LogP contribution is -2.14. The largest absolute Gasteiger partial charge is 0.296 e. The minimum atomic E-state index is -0.252. The molecule has 0 aliphatic rings. The quantitative estimate of drug-likeness (QED) is 0.800. The molecular weight excluding hydrogens is 310 g/mol. The number of amides is 1. The van der Waals surface area contributed by atoms with Crippen molar-refractivity contribution in [2.75, 3.05) is 5.32 Å². The van der Waals surface area contributed by atoms with Gasteiger partial charge in [0.25, 0.3) is 5.91 Å². The van der Waals surface area contributed by atoms with Crippen LogP contribution >= 0.6 is 11.3 Å². The number of nitrogens with one attached hydrogen (secondary N) is 1. The molecule has 3 heterocycles. The Kier molecular flexibility index (Phi) is 4.12. The van der Waals surface area contributed by atoms with Crippen molar-refractivity contribution >= 4 is 22.4 Å². The first kappa shape index (κ1) is 15.2. The number of aryl methyl sites for hydroxylation is 3. The van der Waals surface area contributed by atoms with Crippen LogP contribution in [0.1, 0.15) is 26.8 Å². The summed E-state index contributed by atoms with van der Waals surface area (Å²) in [4.78, 5) is 21.0. The molecule has 116 valence electrons. The molecule has 3 aromatic rings. The van der Waals surface area contributed by atoms with Gasteiger partial charge in [-0.1, -0.05) is 11.3 Å². The average Bonchev–Trinajstić information content (AvgIpc) is 2.92. The molecule has 0 saturated heterocycles. The van der Waals surface area contributed by atoms with Gasteiger partial charge in [0.05, 0.1) is 5.56 Å². The highest BCUT2D eigenvalue weighted by atomic mass is 32.1. The van der Waals surface area contributed by atoms with Gasteiger partial charge in [0.2, 0.25) is 5.13 Å². The van der Waals surface area contributed by atoms with Gasteiger partial charge in [0.1, 0.15) is 5.01 Å². The second-order valence-electron chi connectivity index (χ2n) is 5.14. The molecule has 0 unspecified atom stereocenters. The highest BCUT2D eigenvalue weighted by molar-refractivity contribution is 7.15. The van der Waals surface area contributed by atoms with E-state index in [-0.39, 0.29) is 5.91 Å². The number of rotatable bonds is 3. The van der Waals surface area contributed by atoms with Crippen LogP contribution in [0, 0.1) is 20.8 Å². The molecule has 0 aliphatic heterocycles. The van der Waals surface area contributed by atoms with Crippen molar-refractivity contribution in [1.29, 1.82) is 0 Å². The van der Waals surface area contributed by atoms with Gasteiger partial charge < -0.3 is 0 Å². The fraction of sp³-hybridized carbons (Fsp3) is 0.188. The SMILES string of the molecule is Cc1cc(-c2cc(C)ncc2C(=O)Nc2nnc(C)s2)ccn1. The summed E-state index contributed by atoms with van der Waals surface area (Å²) in [6.07, 6.45) is 3.32. The van der Waals surface area contributed by atoms with E-state index >= 15 is 0 Å². The molecule has 0 atom stereocenters. The minimum absolute atomic E-state index is 0.252. The van der Waals surface area contributed by atoms with E-state index in [4.69, 9.17) is 0 Å². The maximum atomic E-state index is 12.6. The van der Waals surface area contributed by atoms with Crippen molar-refractivity contribution < 1.29 is 4.79 Å². The van der Waals surface area contributed by atoms with E-state index in [2.05, 4.69) is 25.5 Å². The standard InChI is InChI=1S/C16H15N5OS/c1-9-6-12(4-5-17-9)13-7-10(2)18-8-14(13)15(22)19-16-21-20-11(3)23-16/h4-8H,1-3H3,(H,19,21,22). The Morgan fingerprint density at radius 2 is 1.87 bits per heavy atom. The predicted octanol–water partition coefficient (Wildman–Crippen LogP) is 3.17. The summed E-state index contributed by atoms with van der Waals surface area (Å²) in [5, 5.41) is 11.9. The molecule has 7 heteroatoms. The molecule has 23 heavy (non-hydrogen) atoms. The second kappa shape index (κ2) is 6.21. The molecule has 1 N–H and O–H groups in total. The summed E-state index contributed by atoms with van der Waals surface area (Å²) >= 11 is 1.33. The molecule has 0 aromatic carbocycles. The van der Waals surface area contributed by atoms with E-state index in [9.17, 15) is 4.79 Å². The van der Waals surface area contributed by atoms with Crippen molar-refractivity contribution in [2.45, 2.75) is 20.8 Å². The lowest BCUT2D eigenvalue weighted by molar-refractivity contribution is 0.102. The van der Waals surface area contributed by atoms with Gasteiger partial charge in [-0.15, -0.1) is 10.2 Å². The number of carbonyl (C=O) groups excluding carboxylic acids is 1. The first-order valence-electron chi connectivity index (χ1n) is 7.04. The summed E-state index contributed by atoms with van der Waals surface area (Å²) in [6.45, 7) is 5.65. The van der Waals surface area contributed by atoms with E-state index in [1.165, 1.54) is 11.3 Å². The van der Waals surface area contributed by atoms with E-state index in [0.717, 1.165) is 27.5 Å². The normalized spacial score (nSPS) is 10.6. The van der Waals surface area contributed by atoms with Crippen molar-refractivity contribution in [3.8, 4) is 11.1 Å². The maximum absolute atomic E-state index is 12.6. The van der Waals surface area contributed by atoms with Gasteiger partial charge in [0, 0.05) is 23.8 Å². The van der Waals surface area contributed by atoms with Crippen LogP contribution in [0.25, 0.3) is 11.1 Å². The number of pyridine rings is 2. The second-order valence-corrected chi connectivity index (χ2v) is 6.32. The first-order chi connectivity index (χ1) is 11.0. The fourth-order valence-electron chi connectivity index (χ4n) is 2.20. The van der Waals surface area contributed by atoms with Crippen LogP contribution in [0.2, 0.25) is 0 Å². The summed E-state index contributed by atoms with van der Waals surface area (Å²) in [5.74, 6) is -0.252. The summed E-state index contributed by atoms with van der Waals surface area (Å²) in [5.41, 5.74) is 3.98. The third-order valence-corrected chi connectivity index (χ3v) is 3.99. The van der Waals surface area contributed by atoms with Crippen LogP contribution in [-0.2, 0) is 0 Å². The zero-order valence-corrected chi connectivity index (χ0v) is 13.8. The Labute approximate surface area is 137 Å². The Morgan fingerprint density at radius 3 is 2.57 bits per heavy atom. The molecule has 3 aromatic heterocycles. The summed E-state index contributed by atoms with van der Waals surface area (Å²) in [6, 6.07) is 5.73. The van der Waals surface area contributed by atoms with Crippen molar-refractivity contribution in [3.63, 3.8) is 0 Å². The molecule has 0 bridgehead atoms. The summed E-state index contributed by atoms with van der Waals surface area (Å²) in [7, 11) is 0. The van der Waals surface area contributed by atoms with Gasteiger partial charge in [-0.25, -0.2) is 0 Å². The molecule has 0 spiro atoms. The highest BCUT2D eigenvalue weighted by Gasteiger charge is 2.16. The number of carbonyl (C=O) groups is 1. The Hall–Kier alpha value is -2.67. The van der Waals surface area contributed by atoms with Crippen molar-refractivity contribution in [1.82, 2.24) is 20.2 Å². The molecule has 1 amide bonds. The maximum Gasteiger partial charge on any atom is 0.259 e. The topological polar surface area (TPSA) is 80.7 Å². The summed E-state index contributed by atoms with van der Waals surface area (Å²) < 4.78 is 0. The Bertz CT molecular complexity index is 874. The Balaban J connectivity index is 2.00. The third-order valence-electron chi connectivity index (χ3n) is 3.24. The Morgan fingerprint density at radius 1 is 1.09 bits per heavy atom. The monoisotopic (exact) mass is 325 g/mol. The number of nitrogens with zero attached hydrogens (tertiary/aromatic N) is 4. The number of anilines is 1. The smallest absolute Gasteiger partial charge is 0.259 e. The molecule has 0 radical (unpaired) electrons. The number of hydrogen-bond donors (Lipinski definition) is 1. The van der Waals surface area contributed by atoms with Crippen LogP contribution in [0.15, 0.2) is 30.6 Å². The van der Waals surface area contributed by atoms with Gasteiger partial charge >= 0.3 is 0 Å². The van der Waals surface area contributed by atoms with E-state index in [0.29, 0.717) is 10.7 Å². The van der Waals surface area contributed by atoms with E-state index in [1.807, 2.05) is 39.0 Å². The van der Waals surface area contributed by atoms with Gasteiger partial charge in [-0.3, -0.25) is 20.1 Å². The molecule has 0 saturated carbocycles. The molecular formula is C16H15N5OS. The first-order valence-corrected chi connectivity index (χ1v) is 7.86. The van der Waals surface area contributed by atoms with Gasteiger partial charge in [-0.2, -0.15) is 0 Å². The van der Waals surface area contributed by atoms with E-state index in [1.54, 1.807) is 12.4 Å². The zero-order valence-electron chi connectivity index (χ0n) is 13.0. The molecule has 6 nitrogen and oxygen atoms in total.